The van der Waals surface area contributed by atoms with Crippen LogP contribution in [0.3, 0.4) is 0 Å². The second-order valence-corrected chi connectivity index (χ2v) is 9.29. The van der Waals surface area contributed by atoms with Gasteiger partial charge in [0.25, 0.3) is 5.91 Å². The average molecular weight is 439 g/mol. The van der Waals surface area contributed by atoms with E-state index >= 15 is 0 Å². The molecule has 0 spiro atoms. The van der Waals surface area contributed by atoms with Crippen molar-refractivity contribution in [2.24, 2.45) is 5.92 Å². The number of benzene rings is 2. The quantitative estimate of drug-likeness (QED) is 0.698. The Bertz CT molecular complexity index is 985. The molecule has 2 amide bonds. The maximum Gasteiger partial charge on any atom is 0.260 e. The zero-order chi connectivity index (χ0) is 22.8. The van der Waals surface area contributed by atoms with Gasteiger partial charge in [0.1, 0.15) is 11.6 Å². The largest absolute Gasteiger partial charge is 0.481 e. The van der Waals surface area contributed by atoms with Gasteiger partial charge in [-0.15, -0.1) is 0 Å². The molecule has 2 aliphatic rings. The number of carbonyl (C=O) groups excluding carboxylic acids is 2. The van der Waals surface area contributed by atoms with E-state index in [1.54, 1.807) is 19.1 Å². The van der Waals surface area contributed by atoms with E-state index in [0.717, 1.165) is 36.0 Å². The Hall–Kier alpha value is -2.89. The maximum absolute atomic E-state index is 13.6. The topological polar surface area (TPSA) is 58.6 Å². The lowest BCUT2D eigenvalue weighted by molar-refractivity contribution is -0.134. The number of hydrogen-bond acceptors (Lipinski definition) is 3. The molecule has 1 aliphatic heterocycles. The fraction of sp³-hybridized carbons (Fsp3) is 0.462. The van der Waals surface area contributed by atoms with Crippen LogP contribution in [0.25, 0.3) is 0 Å². The molecule has 2 aromatic carbocycles. The van der Waals surface area contributed by atoms with E-state index in [1.165, 1.54) is 12.1 Å². The number of nitrogens with one attached hydrogen (secondary N) is 1. The molecule has 1 heterocycles. The first-order valence-corrected chi connectivity index (χ1v) is 11.5. The molecular formula is C26H31FN2O3. The molecule has 1 saturated carbocycles. The monoisotopic (exact) mass is 438 g/mol. The van der Waals surface area contributed by atoms with Gasteiger partial charge in [-0.25, -0.2) is 4.39 Å². The summed E-state index contributed by atoms with van der Waals surface area (Å²) in [5, 5.41) is 2.96. The lowest BCUT2D eigenvalue weighted by Crippen LogP contribution is -2.41. The number of hydrogen-bond donors (Lipinski definition) is 1. The molecule has 0 unspecified atom stereocenters. The zero-order valence-corrected chi connectivity index (χ0v) is 18.9. The van der Waals surface area contributed by atoms with Crippen molar-refractivity contribution in [3.8, 4) is 5.75 Å². The van der Waals surface area contributed by atoms with Crippen molar-refractivity contribution in [1.29, 1.82) is 0 Å². The molecule has 1 N–H and O–H groups in total. The molecule has 1 aliphatic carbocycles. The predicted molar refractivity (Wildman–Crippen MR) is 121 cm³/mol. The van der Waals surface area contributed by atoms with Gasteiger partial charge in [0.2, 0.25) is 5.91 Å². The molecule has 0 aromatic heterocycles. The van der Waals surface area contributed by atoms with Crippen molar-refractivity contribution in [2.45, 2.75) is 64.6 Å². The third-order valence-electron chi connectivity index (χ3n) is 6.04. The number of carbonyl (C=O) groups is 2. The van der Waals surface area contributed by atoms with E-state index in [-0.39, 0.29) is 35.6 Å². The predicted octanol–water partition coefficient (Wildman–Crippen LogP) is 4.39. The first kappa shape index (κ1) is 22.3. The summed E-state index contributed by atoms with van der Waals surface area (Å²) in [4.78, 5) is 27.3. The third kappa shape index (κ3) is 5.12. The summed E-state index contributed by atoms with van der Waals surface area (Å²) in [5.74, 6) is 0.501. The Labute approximate surface area is 188 Å². The van der Waals surface area contributed by atoms with E-state index < -0.39 is 6.10 Å². The van der Waals surface area contributed by atoms with Gasteiger partial charge in [-0.3, -0.25) is 9.59 Å². The summed E-state index contributed by atoms with van der Waals surface area (Å²) < 4.78 is 19.6. The van der Waals surface area contributed by atoms with Crippen LogP contribution in [-0.2, 0) is 16.0 Å². The third-order valence-corrected chi connectivity index (χ3v) is 6.04. The molecular weight excluding hydrogens is 407 g/mol. The SMILES string of the molecule is CC(C)CC(=O)N1CCc2ccc(O[C@@H](C)C(=O)NC3CC3)cc2[C@H]1c1ccc(F)cc1. The highest BCUT2D eigenvalue weighted by atomic mass is 19.1. The molecule has 0 saturated heterocycles. The van der Waals surface area contributed by atoms with E-state index in [9.17, 15) is 14.0 Å². The first-order valence-electron chi connectivity index (χ1n) is 11.5. The van der Waals surface area contributed by atoms with Crippen LogP contribution in [-0.4, -0.2) is 35.4 Å². The Morgan fingerprint density at radius 1 is 1.12 bits per heavy atom. The molecule has 32 heavy (non-hydrogen) atoms. The van der Waals surface area contributed by atoms with Crippen molar-refractivity contribution in [3.05, 3.63) is 65.0 Å². The highest BCUT2D eigenvalue weighted by molar-refractivity contribution is 5.81. The van der Waals surface area contributed by atoms with Crippen LogP contribution in [0.1, 0.15) is 62.8 Å². The van der Waals surface area contributed by atoms with Crippen molar-refractivity contribution in [3.63, 3.8) is 0 Å². The zero-order valence-electron chi connectivity index (χ0n) is 18.9. The standard InChI is InChI=1S/C26H31FN2O3/c1-16(2)14-24(30)29-13-12-18-6-11-22(32-17(3)26(31)28-21-9-10-21)15-23(18)25(29)19-4-7-20(27)8-5-19/h4-8,11,15-17,21,25H,9-10,12-14H2,1-3H3,(H,28,31)/t17-,25+/m0/s1. The fourth-order valence-electron chi connectivity index (χ4n) is 4.21. The van der Waals surface area contributed by atoms with E-state index in [4.69, 9.17) is 4.74 Å². The lowest BCUT2D eigenvalue weighted by atomic mass is 9.87. The number of halogens is 1. The van der Waals surface area contributed by atoms with Crippen molar-refractivity contribution >= 4 is 11.8 Å². The molecule has 170 valence electrons. The molecule has 2 atom stereocenters. The summed E-state index contributed by atoms with van der Waals surface area (Å²) in [6.45, 7) is 6.42. The van der Waals surface area contributed by atoms with Crippen LogP contribution in [0.2, 0.25) is 0 Å². The summed E-state index contributed by atoms with van der Waals surface area (Å²) in [6, 6.07) is 12.1. The van der Waals surface area contributed by atoms with Gasteiger partial charge in [0.05, 0.1) is 6.04 Å². The van der Waals surface area contributed by atoms with Crippen LogP contribution in [0.4, 0.5) is 4.39 Å². The number of nitrogens with zero attached hydrogens (tertiary/aromatic N) is 1. The molecule has 6 heteroatoms. The smallest absolute Gasteiger partial charge is 0.260 e. The van der Waals surface area contributed by atoms with Gasteiger partial charge in [0, 0.05) is 19.0 Å². The number of rotatable bonds is 7. The number of amides is 2. The first-order chi connectivity index (χ1) is 15.3. The van der Waals surface area contributed by atoms with Crippen LogP contribution < -0.4 is 10.1 Å². The Morgan fingerprint density at radius 2 is 1.84 bits per heavy atom. The Balaban J connectivity index is 1.64. The second-order valence-electron chi connectivity index (χ2n) is 9.29. The molecule has 4 rings (SSSR count). The summed E-state index contributed by atoms with van der Waals surface area (Å²) in [7, 11) is 0. The molecule has 2 aromatic rings. The summed E-state index contributed by atoms with van der Waals surface area (Å²) in [6.07, 6.45) is 2.64. The normalized spacial score (nSPS) is 18.8. The van der Waals surface area contributed by atoms with E-state index in [2.05, 4.69) is 5.32 Å². The molecule has 0 radical (unpaired) electrons. The van der Waals surface area contributed by atoms with Gasteiger partial charge in [-0.2, -0.15) is 0 Å². The fourth-order valence-corrected chi connectivity index (χ4v) is 4.21. The van der Waals surface area contributed by atoms with Crippen LogP contribution in [0.15, 0.2) is 42.5 Å². The minimum atomic E-state index is -0.611. The molecule has 5 nitrogen and oxygen atoms in total. The minimum Gasteiger partial charge on any atom is -0.481 e. The van der Waals surface area contributed by atoms with Crippen molar-refractivity contribution in [2.75, 3.05) is 6.54 Å². The average Bonchev–Trinajstić information content (AvgIpc) is 3.57. The highest BCUT2D eigenvalue weighted by Gasteiger charge is 2.33. The molecule has 0 bridgehead atoms. The van der Waals surface area contributed by atoms with Gasteiger partial charge in [-0.1, -0.05) is 32.0 Å². The maximum atomic E-state index is 13.6. The van der Waals surface area contributed by atoms with Crippen LogP contribution >= 0.6 is 0 Å². The second kappa shape index (κ2) is 9.31. The number of ether oxygens (including phenoxy) is 1. The number of fused-ring (bicyclic) bond motifs is 1. The van der Waals surface area contributed by atoms with Crippen molar-refractivity contribution < 1.29 is 18.7 Å². The van der Waals surface area contributed by atoms with E-state index in [0.29, 0.717) is 18.7 Å². The van der Waals surface area contributed by atoms with Gasteiger partial charge < -0.3 is 15.0 Å². The van der Waals surface area contributed by atoms with Gasteiger partial charge >= 0.3 is 0 Å². The van der Waals surface area contributed by atoms with Crippen LogP contribution in [0, 0.1) is 11.7 Å². The summed E-state index contributed by atoms with van der Waals surface area (Å²) >= 11 is 0. The van der Waals surface area contributed by atoms with Gasteiger partial charge in [-0.05, 0) is 73.1 Å². The van der Waals surface area contributed by atoms with Gasteiger partial charge in [0.15, 0.2) is 6.10 Å². The minimum absolute atomic E-state index is 0.0866. The highest BCUT2D eigenvalue weighted by Crippen LogP contribution is 2.38. The summed E-state index contributed by atoms with van der Waals surface area (Å²) in [5.41, 5.74) is 2.96. The molecule has 1 fully saturated rings. The lowest BCUT2D eigenvalue weighted by Gasteiger charge is -2.38. The Morgan fingerprint density at radius 3 is 2.50 bits per heavy atom. The van der Waals surface area contributed by atoms with Crippen LogP contribution in [0.5, 0.6) is 5.75 Å². The van der Waals surface area contributed by atoms with Crippen molar-refractivity contribution in [1.82, 2.24) is 10.2 Å². The Kier molecular flexibility index (Phi) is 6.49. The van der Waals surface area contributed by atoms with E-state index in [1.807, 2.05) is 36.9 Å².